The molecule has 8 N–H and O–H groups in total. The van der Waals surface area contributed by atoms with Crippen LogP contribution in [0.3, 0.4) is 0 Å². The Morgan fingerprint density at radius 3 is 2.30 bits per heavy atom. The molecule has 9 atom stereocenters. The van der Waals surface area contributed by atoms with E-state index in [-0.39, 0.29) is 6.61 Å². The molecule has 11 heteroatoms. The van der Waals surface area contributed by atoms with E-state index >= 15 is 0 Å². The van der Waals surface area contributed by atoms with E-state index in [0.717, 1.165) is 0 Å². The molecule has 11 nitrogen and oxygen atoms in total. The van der Waals surface area contributed by atoms with Crippen molar-refractivity contribution in [1.29, 1.82) is 0 Å². The zero-order chi connectivity index (χ0) is 17.4. The molecule has 136 valence electrons. The van der Waals surface area contributed by atoms with Gasteiger partial charge in [0.1, 0.15) is 42.7 Å². The summed E-state index contributed by atoms with van der Waals surface area (Å²) < 4.78 is 14.8. The summed E-state index contributed by atoms with van der Waals surface area (Å²) in [6, 6.07) is 0. The zero-order valence-corrected chi connectivity index (χ0v) is 12.0. The van der Waals surface area contributed by atoms with Crippen molar-refractivity contribution in [2.75, 3.05) is 19.8 Å². The molecule has 2 heterocycles. The lowest BCUT2D eigenvalue weighted by atomic mass is 10.00. The van der Waals surface area contributed by atoms with E-state index in [1.165, 1.54) is 0 Å². The van der Waals surface area contributed by atoms with Gasteiger partial charge in [-0.3, -0.25) is 0 Å². The number of aliphatic hydroxyl groups is 8. The van der Waals surface area contributed by atoms with Gasteiger partial charge in [-0.25, -0.2) is 0 Å². The van der Waals surface area contributed by atoms with Crippen LogP contribution in [0.25, 0.3) is 0 Å². The lowest BCUT2D eigenvalue weighted by Crippen LogP contribution is -2.57. The van der Waals surface area contributed by atoms with Crippen molar-refractivity contribution in [3.8, 4) is 0 Å². The first kappa shape index (κ1) is 18.9. The average Bonchev–Trinajstić information content (AvgIpc) is 2.75. The fourth-order valence-corrected chi connectivity index (χ4v) is 2.50. The normalized spacial score (nSPS) is 49.3. The van der Waals surface area contributed by atoms with Gasteiger partial charge >= 0.3 is 0 Å². The van der Waals surface area contributed by atoms with Gasteiger partial charge in [0.15, 0.2) is 6.29 Å². The lowest BCUT2D eigenvalue weighted by Gasteiger charge is -2.37. The van der Waals surface area contributed by atoms with Crippen molar-refractivity contribution in [2.45, 2.75) is 54.8 Å². The van der Waals surface area contributed by atoms with E-state index in [2.05, 4.69) is 0 Å². The third kappa shape index (κ3) is 3.65. The predicted octanol–water partition coefficient (Wildman–Crippen LogP) is -5.40. The third-order valence-corrected chi connectivity index (χ3v) is 4.00. The fraction of sp³-hybridized carbons (Fsp3) is 1.00. The molecule has 0 radical (unpaired) electrons. The topological polar surface area (TPSA) is 190 Å². The van der Waals surface area contributed by atoms with Gasteiger partial charge < -0.3 is 55.1 Å². The number of rotatable bonds is 5. The standard InChI is InChI=1S/C12H22O11/c13-3-12(20)10(18)7(16)5(23-12)2-22-11(19)9-8(17)6(15)4(14)1-21-9/h4-11,13-20H,1-3H2/t4-,5-,6-,7-,8-,9?,10-,11?,12-/m1/s1. The molecule has 0 aromatic carbocycles. The maximum atomic E-state index is 9.84. The maximum absolute atomic E-state index is 9.84. The SMILES string of the molecule is OC[C@@]1(O)O[C@H](COC(O)C2OC[C@@H](O)[C@@H](O)[C@H]2O)[C@@H](O)[C@H]1O. The lowest BCUT2D eigenvalue weighted by molar-refractivity contribution is -0.276. The molecule has 0 spiro atoms. The van der Waals surface area contributed by atoms with Crippen LogP contribution in [0, 0.1) is 0 Å². The summed E-state index contributed by atoms with van der Waals surface area (Å²) in [4.78, 5) is 0. The molecule has 2 rings (SSSR count). The Labute approximate surface area is 130 Å². The second-order valence-corrected chi connectivity index (χ2v) is 5.67. The third-order valence-electron chi connectivity index (χ3n) is 4.00. The Morgan fingerprint density at radius 2 is 1.74 bits per heavy atom. The minimum absolute atomic E-state index is 0.325. The van der Waals surface area contributed by atoms with E-state index in [1.807, 2.05) is 0 Å². The first-order valence-electron chi connectivity index (χ1n) is 7.04. The molecule has 0 saturated carbocycles. The van der Waals surface area contributed by atoms with Gasteiger partial charge in [0.05, 0.1) is 19.8 Å². The molecule has 2 unspecified atom stereocenters. The van der Waals surface area contributed by atoms with E-state index in [0.29, 0.717) is 0 Å². The van der Waals surface area contributed by atoms with Gasteiger partial charge in [-0.2, -0.15) is 0 Å². The van der Waals surface area contributed by atoms with Crippen LogP contribution in [0.15, 0.2) is 0 Å². The van der Waals surface area contributed by atoms with Gasteiger partial charge in [-0.05, 0) is 0 Å². The molecule has 0 amide bonds. The van der Waals surface area contributed by atoms with Crippen LogP contribution >= 0.6 is 0 Å². The van der Waals surface area contributed by atoms with Crippen LogP contribution < -0.4 is 0 Å². The minimum atomic E-state index is -2.35. The van der Waals surface area contributed by atoms with E-state index in [9.17, 15) is 35.7 Å². The van der Waals surface area contributed by atoms with Crippen molar-refractivity contribution in [1.82, 2.24) is 0 Å². The predicted molar refractivity (Wildman–Crippen MR) is 68.6 cm³/mol. The fourth-order valence-electron chi connectivity index (χ4n) is 2.50. The highest BCUT2D eigenvalue weighted by Crippen LogP contribution is 2.29. The van der Waals surface area contributed by atoms with Crippen molar-refractivity contribution in [2.24, 2.45) is 0 Å². The molecule has 2 aliphatic rings. The van der Waals surface area contributed by atoms with Crippen LogP contribution in [0.5, 0.6) is 0 Å². The summed E-state index contributed by atoms with van der Waals surface area (Å²) in [5.41, 5.74) is 0. The average molecular weight is 342 g/mol. The van der Waals surface area contributed by atoms with Crippen LogP contribution in [-0.2, 0) is 14.2 Å². The molecule has 0 aliphatic carbocycles. The highest BCUT2D eigenvalue weighted by molar-refractivity contribution is 4.95. The molecule has 0 bridgehead atoms. The van der Waals surface area contributed by atoms with E-state index in [4.69, 9.17) is 19.3 Å². The molecular weight excluding hydrogens is 320 g/mol. The second kappa shape index (κ2) is 7.21. The van der Waals surface area contributed by atoms with Gasteiger partial charge in [0, 0.05) is 0 Å². The van der Waals surface area contributed by atoms with E-state index < -0.39 is 68.0 Å². The molecule has 2 fully saturated rings. The van der Waals surface area contributed by atoms with Crippen molar-refractivity contribution < 1.29 is 55.1 Å². The molecule has 0 aromatic heterocycles. The van der Waals surface area contributed by atoms with Crippen LogP contribution in [0.1, 0.15) is 0 Å². The van der Waals surface area contributed by atoms with E-state index in [1.54, 1.807) is 0 Å². The van der Waals surface area contributed by atoms with Crippen molar-refractivity contribution >= 4 is 0 Å². The smallest absolute Gasteiger partial charge is 0.219 e. The summed E-state index contributed by atoms with van der Waals surface area (Å²) >= 11 is 0. The Morgan fingerprint density at radius 1 is 1.09 bits per heavy atom. The number of hydrogen-bond donors (Lipinski definition) is 8. The Balaban J connectivity index is 1.88. The number of aliphatic hydroxyl groups excluding tert-OH is 7. The quantitative estimate of drug-likeness (QED) is 0.223. The molecular formula is C12H22O11. The summed E-state index contributed by atoms with van der Waals surface area (Å²) in [6.45, 7) is -1.79. The van der Waals surface area contributed by atoms with Gasteiger partial charge in [-0.1, -0.05) is 0 Å². The monoisotopic (exact) mass is 342 g/mol. The Kier molecular flexibility index (Phi) is 5.92. The number of hydrogen-bond acceptors (Lipinski definition) is 11. The highest BCUT2D eigenvalue weighted by Gasteiger charge is 2.53. The summed E-state index contributed by atoms with van der Waals surface area (Å²) in [5, 5.41) is 76.3. The minimum Gasteiger partial charge on any atom is -0.391 e. The molecule has 2 aliphatic heterocycles. The first-order valence-corrected chi connectivity index (χ1v) is 7.04. The summed E-state index contributed by atoms with van der Waals surface area (Å²) in [6.07, 6.45) is -12.1. The zero-order valence-electron chi connectivity index (χ0n) is 12.0. The second-order valence-electron chi connectivity index (χ2n) is 5.67. The number of ether oxygens (including phenoxy) is 3. The molecule has 23 heavy (non-hydrogen) atoms. The van der Waals surface area contributed by atoms with Crippen LogP contribution in [-0.4, -0.2) is 115 Å². The van der Waals surface area contributed by atoms with Crippen LogP contribution in [0.2, 0.25) is 0 Å². The first-order chi connectivity index (χ1) is 10.7. The molecule has 0 aromatic rings. The maximum Gasteiger partial charge on any atom is 0.219 e. The van der Waals surface area contributed by atoms with Gasteiger partial charge in [-0.15, -0.1) is 0 Å². The Hall–Kier alpha value is -0.440. The molecule has 2 saturated heterocycles. The largest absolute Gasteiger partial charge is 0.391 e. The summed E-state index contributed by atoms with van der Waals surface area (Å²) in [5.74, 6) is -2.35. The van der Waals surface area contributed by atoms with Crippen molar-refractivity contribution in [3.05, 3.63) is 0 Å². The summed E-state index contributed by atoms with van der Waals surface area (Å²) in [7, 11) is 0. The Bertz CT molecular complexity index is 395. The van der Waals surface area contributed by atoms with Crippen LogP contribution in [0.4, 0.5) is 0 Å². The highest BCUT2D eigenvalue weighted by atomic mass is 16.7. The van der Waals surface area contributed by atoms with Gasteiger partial charge in [0.25, 0.3) is 0 Å². The van der Waals surface area contributed by atoms with Crippen molar-refractivity contribution in [3.63, 3.8) is 0 Å². The van der Waals surface area contributed by atoms with Gasteiger partial charge in [0.2, 0.25) is 5.79 Å².